The first kappa shape index (κ1) is 21.2. The van der Waals surface area contributed by atoms with Crippen LogP contribution in [0.15, 0.2) is 42.6 Å². The van der Waals surface area contributed by atoms with Gasteiger partial charge in [0, 0.05) is 38.1 Å². The van der Waals surface area contributed by atoms with E-state index < -0.39 is 23.5 Å². The van der Waals surface area contributed by atoms with Gasteiger partial charge in [-0.05, 0) is 42.5 Å². The average molecular weight is 434 g/mol. The molecule has 3 rings (SSSR count). The fourth-order valence-electron chi connectivity index (χ4n) is 2.91. The van der Waals surface area contributed by atoms with Crippen LogP contribution in [0.1, 0.15) is 11.1 Å². The van der Waals surface area contributed by atoms with E-state index in [1.807, 2.05) is 0 Å². The minimum absolute atomic E-state index is 0.0230. The minimum Gasteiger partial charge on any atom is -0.368 e. The average Bonchev–Trinajstić information content (AvgIpc) is 2.67. The van der Waals surface area contributed by atoms with Crippen molar-refractivity contribution < 1.29 is 26.3 Å². The molecule has 0 bridgehead atoms. The van der Waals surface area contributed by atoms with Crippen molar-refractivity contribution in [2.75, 3.05) is 36.4 Å². The van der Waals surface area contributed by atoms with E-state index in [1.165, 1.54) is 6.07 Å². The van der Waals surface area contributed by atoms with Crippen LogP contribution in [0.2, 0.25) is 0 Å². The maximum absolute atomic E-state index is 12.9. The van der Waals surface area contributed by atoms with Crippen LogP contribution in [0.25, 0.3) is 0 Å². The fraction of sp³-hybridized carbons (Fsp3) is 0.333. The lowest BCUT2D eigenvalue weighted by molar-refractivity contribution is -0.138. The molecule has 1 saturated heterocycles. The molecule has 0 spiro atoms. The van der Waals surface area contributed by atoms with Crippen molar-refractivity contribution >= 4 is 28.8 Å². The molecule has 0 aliphatic carbocycles. The van der Waals surface area contributed by atoms with Crippen molar-refractivity contribution in [1.82, 2.24) is 9.88 Å². The number of hydrogen-bond donors (Lipinski definition) is 1. The van der Waals surface area contributed by atoms with Crippen LogP contribution in [0.5, 0.6) is 0 Å². The topological polar surface area (TPSA) is 31.4 Å². The van der Waals surface area contributed by atoms with Crippen LogP contribution in [-0.4, -0.2) is 41.2 Å². The molecule has 1 N–H and O–H groups in total. The Hall–Kier alpha value is -2.56. The number of hydrogen-bond acceptors (Lipinski definition) is 3. The number of nitrogens with zero attached hydrogens (tertiary/aromatic N) is 3. The first-order valence-electron chi connectivity index (χ1n) is 8.55. The third kappa shape index (κ3) is 5.28. The largest absolute Gasteiger partial charge is 0.416 e. The Morgan fingerprint density at radius 3 is 2.14 bits per heavy atom. The standard InChI is InChI=1S/C18H16F6N4S/c19-17(20,21)12-2-1-3-14(10-12)27-6-8-28(9-7-27)16(29)26-15-11-13(4-5-25-15)18(22,23)24/h1-5,10-11H,6-9H2,(H,25,26,29). The highest BCUT2D eigenvalue weighted by atomic mass is 32.1. The zero-order chi connectivity index (χ0) is 21.2. The lowest BCUT2D eigenvalue weighted by atomic mass is 10.1. The molecule has 0 amide bonds. The van der Waals surface area contributed by atoms with Crippen LogP contribution < -0.4 is 10.2 Å². The lowest BCUT2D eigenvalue weighted by Crippen LogP contribution is -2.50. The van der Waals surface area contributed by atoms with Gasteiger partial charge in [0.05, 0.1) is 11.1 Å². The zero-order valence-corrected chi connectivity index (χ0v) is 15.7. The molecule has 156 valence electrons. The predicted octanol–water partition coefficient (Wildman–Crippen LogP) is 4.64. The van der Waals surface area contributed by atoms with E-state index in [9.17, 15) is 26.3 Å². The van der Waals surface area contributed by atoms with Gasteiger partial charge in [0.1, 0.15) is 5.82 Å². The first-order chi connectivity index (χ1) is 13.5. The molecule has 29 heavy (non-hydrogen) atoms. The van der Waals surface area contributed by atoms with Crippen molar-refractivity contribution in [2.45, 2.75) is 12.4 Å². The van der Waals surface area contributed by atoms with Crippen molar-refractivity contribution in [3.8, 4) is 0 Å². The summed E-state index contributed by atoms with van der Waals surface area (Å²) in [5, 5.41) is 2.90. The summed E-state index contributed by atoms with van der Waals surface area (Å²) in [6.45, 7) is 1.64. The highest BCUT2D eigenvalue weighted by molar-refractivity contribution is 7.80. The van der Waals surface area contributed by atoms with Crippen molar-refractivity contribution in [3.05, 3.63) is 53.7 Å². The maximum Gasteiger partial charge on any atom is 0.416 e. The summed E-state index contributed by atoms with van der Waals surface area (Å²) >= 11 is 5.24. The Balaban J connectivity index is 1.60. The van der Waals surface area contributed by atoms with E-state index in [1.54, 1.807) is 15.9 Å². The normalized spacial score (nSPS) is 15.4. The summed E-state index contributed by atoms with van der Waals surface area (Å²) in [6, 6.07) is 6.80. The number of rotatable bonds is 2. The number of aromatic nitrogens is 1. The molecule has 1 aliphatic rings. The second-order valence-corrected chi connectivity index (χ2v) is 6.77. The summed E-state index contributed by atoms with van der Waals surface area (Å²) in [5.74, 6) is -0.0230. The van der Waals surface area contributed by atoms with Crippen molar-refractivity contribution in [2.24, 2.45) is 0 Å². The quantitative estimate of drug-likeness (QED) is 0.550. The van der Waals surface area contributed by atoms with E-state index in [-0.39, 0.29) is 10.9 Å². The molecular weight excluding hydrogens is 418 g/mol. The van der Waals surface area contributed by atoms with Gasteiger partial charge in [0.2, 0.25) is 0 Å². The van der Waals surface area contributed by atoms with E-state index in [2.05, 4.69) is 10.3 Å². The van der Waals surface area contributed by atoms with Gasteiger partial charge in [-0.2, -0.15) is 26.3 Å². The molecule has 1 aliphatic heterocycles. The summed E-state index contributed by atoms with van der Waals surface area (Å²) in [7, 11) is 0. The van der Waals surface area contributed by atoms with Crippen LogP contribution in [0.3, 0.4) is 0 Å². The molecule has 4 nitrogen and oxygen atoms in total. The number of anilines is 2. The minimum atomic E-state index is -4.49. The summed E-state index contributed by atoms with van der Waals surface area (Å²) in [4.78, 5) is 7.38. The van der Waals surface area contributed by atoms with Gasteiger partial charge >= 0.3 is 12.4 Å². The maximum atomic E-state index is 12.9. The van der Waals surface area contributed by atoms with Crippen molar-refractivity contribution in [1.29, 1.82) is 0 Å². The van der Waals surface area contributed by atoms with Gasteiger partial charge in [-0.3, -0.25) is 0 Å². The number of alkyl halides is 6. The summed E-state index contributed by atoms with van der Waals surface area (Å²) in [6.07, 6.45) is -7.86. The molecule has 1 fully saturated rings. The highest BCUT2D eigenvalue weighted by Gasteiger charge is 2.32. The third-order valence-electron chi connectivity index (χ3n) is 4.43. The molecular formula is C18H16F6N4S. The summed E-state index contributed by atoms with van der Waals surface area (Å²) in [5.41, 5.74) is -1.10. The lowest BCUT2D eigenvalue weighted by Gasteiger charge is -2.37. The predicted molar refractivity (Wildman–Crippen MR) is 101 cm³/mol. The van der Waals surface area contributed by atoms with E-state index in [0.29, 0.717) is 31.9 Å². The number of thiocarbonyl (C=S) groups is 1. The Bertz CT molecular complexity index is 875. The van der Waals surface area contributed by atoms with Crippen LogP contribution in [0, 0.1) is 0 Å². The second kappa shape index (κ2) is 8.05. The number of benzene rings is 1. The molecule has 2 heterocycles. The molecule has 2 aromatic rings. The molecule has 11 heteroatoms. The number of pyridine rings is 1. The molecule has 1 aromatic heterocycles. The van der Waals surface area contributed by atoms with Crippen molar-refractivity contribution in [3.63, 3.8) is 0 Å². The highest BCUT2D eigenvalue weighted by Crippen LogP contribution is 2.32. The van der Waals surface area contributed by atoms with Gasteiger partial charge in [0.15, 0.2) is 5.11 Å². The molecule has 1 aromatic carbocycles. The Labute approximate surface area is 168 Å². The van der Waals surface area contributed by atoms with Crippen LogP contribution in [-0.2, 0) is 12.4 Å². The number of nitrogens with one attached hydrogen (secondary N) is 1. The second-order valence-electron chi connectivity index (χ2n) is 6.38. The summed E-state index contributed by atoms with van der Waals surface area (Å²) < 4.78 is 77.0. The number of halogens is 6. The smallest absolute Gasteiger partial charge is 0.368 e. The third-order valence-corrected chi connectivity index (χ3v) is 4.79. The van der Waals surface area contributed by atoms with Gasteiger partial charge in [-0.1, -0.05) is 6.07 Å². The van der Waals surface area contributed by atoms with E-state index in [0.717, 1.165) is 30.5 Å². The van der Waals surface area contributed by atoms with Crippen LogP contribution >= 0.6 is 12.2 Å². The Morgan fingerprint density at radius 1 is 0.897 bits per heavy atom. The zero-order valence-electron chi connectivity index (χ0n) is 14.9. The van der Waals surface area contributed by atoms with E-state index >= 15 is 0 Å². The fourth-order valence-corrected chi connectivity index (χ4v) is 3.20. The molecule has 0 unspecified atom stereocenters. The Kier molecular flexibility index (Phi) is 5.87. The van der Waals surface area contributed by atoms with Crippen LogP contribution in [0.4, 0.5) is 37.8 Å². The SMILES string of the molecule is FC(F)(F)c1cccc(N2CCN(C(=S)Nc3cc(C(F)(F)F)ccn3)CC2)c1. The Morgan fingerprint density at radius 2 is 1.52 bits per heavy atom. The van der Waals surface area contributed by atoms with Gasteiger partial charge < -0.3 is 15.1 Å². The first-order valence-corrected chi connectivity index (χ1v) is 8.96. The van der Waals surface area contributed by atoms with Gasteiger partial charge in [-0.15, -0.1) is 0 Å². The monoisotopic (exact) mass is 434 g/mol. The van der Waals surface area contributed by atoms with Gasteiger partial charge in [-0.25, -0.2) is 4.98 Å². The van der Waals surface area contributed by atoms with Gasteiger partial charge in [0.25, 0.3) is 0 Å². The van der Waals surface area contributed by atoms with E-state index in [4.69, 9.17) is 12.2 Å². The molecule has 0 atom stereocenters. The molecule has 0 radical (unpaired) electrons. The molecule has 0 saturated carbocycles. The number of piperazine rings is 1.